The lowest BCUT2D eigenvalue weighted by molar-refractivity contribution is -0.115. The predicted molar refractivity (Wildman–Crippen MR) is 91.9 cm³/mol. The van der Waals surface area contributed by atoms with Crippen molar-refractivity contribution in [3.8, 4) is 0 Å². The average molecular weight is 320 g/mol. The van der Waals surface area contributed by atoms with Crippen LogP contribution < -0.4 is 0 Å². The fourth-order valence-corrected chi connectivity index (χ4v) is 3.69. The number of rotatable bonds is 3. The van der Waals surface area contributed by atoms with Crippen molar-refractivity contribution in [1.82, 2.24) is 0 Å². The van der Waals surface area contributed by atoms with Crippen LogP contribution in [-0.4, -0.2) is 5.11 Å². The number of hydrogen-bond acceptors (Lipinski definition) is 3. The molecule has 122 valence electrons. The minimum Gasteiger partial charge on any atom is -0.449 e. The monoisotopic (exact) mass is 320 g/mol. The lowest BCUT2D eigenvalue weighted by atomic mass is 9.81. The second-order valence-corrected chi connectivity index (χ2v) is 6.32. The van der Waals surface area contributed by atoms with Crippen LogP contribution in [0.15, 0.2) is 78.8 Å². The van der Waals surface area contributed by atoms with Gasteiger partial charge in [-0.2, -0.15) is 0 Å². The molecule has 1 aliphatic carbocycles. The summed E-state index contributed by atoms with van der Waals surface area (Å²) in [6.45, 7) is 1.98. The molecule has 0 saturated heterocycles. The summed E-state index contributed by atoms with van der Waals surface area (Å²) in [7, 11) is 0. The van der Waals surface area contributed by atoms with Crippen molar-refractivity contribution in [2.45, 2.75) is 31.2 Å². The molecule has 1 aliphatic heterocycles. The van der Waals surface area contributed by atoms with Crippen molar-refractivity contribution in [2.75, 3.05) is 0 Å². The zero-order valence-electron chi connectivity index (χ0n) is 13.6. The van der Waals surface area contributed by atoms with Gasteiger partial charge < -0.3 is 14.6 Å². The molecule has 0 bridgehead atoms. The zero-order valence-corrected chi connectivity index (χ0v) is 13.6. The Kier molecular flexibility index (Phi) is 3.47. The Morgan fingerprint density at radius 2 is 1.50 bits per heavy atom. The highest BCUT2D eigenvalue weighted by atomic mass is 16.7. The molecule has 3 heteroatoms. The summed E-state index contributed by atoms with van der Waals surface area (Å²) in [5, 5.41) is 11.3. The van der Waals surface area contributed by atoms with E-state index in [1.54, 1.807) is 12.5 Å². The third-order valence-corrected chi connectivity index (χ3v) is 5.01. The first-order valence-corrected chi connectivity index (χ1v) is 8.23. The van der Waals surface area contributed by atoms with Crippen LogP contribution in [0.25, 0.3) is 0 Å². The van der Waals surface area contributed by atoms with Crippen LogP contribution in [0.1, 0.15) is 36.5 Å². The molecule has 0 aromatic heterocycles. The van der Waals surface area contributed by atoms with E-state index in [4.69, 9.17) is 9.47 Å². The Bertz CT molecular complexity index is 799. The number of aliphatic hydroxyl groups is 1. The smallest absolute Gasteiger partial charge is 0.304 e. The normalized spacial score (nSPS) is 24.3. The topological polar surface area (TPSA) is 38.7 Å². The van der Waals surface area contributed by atoms with Gasteiger partial charge in [-0.05, 0) is 30.9 Å². The standard InChI is InChI=1S/C21H20O3/c1-16-8-7-13-20(16,22)18-11-5-6-12-19(18)21(23-14-15-24-21)17-9-3-2-4-10-17/h2-6,8-12,14-15,22H,7,13H2,1H3. The molecule has 1 heterocycles. The molecular formula is C21H20O3. The summed E-state index contributed by atoms with van der Waals surface area (Å²) in [6.07, 6.45) is 6.76. The summed E-state index contributed by atoms with van der Waals surface area (Å²) in [6, 6.07) is 17.7. The lowest BCUT2D eigenvalue weighted by Gasteiger charge is -2.35. The van der Waals surface area contributed by atoms with Gasteiger partial charge >= 0.3 is 5.79 Å². The van der Waals surface area contributed by atoms with E-state index in [-0.39, 0.29) is 0 Å². The van der Waals surface area contributed by atoms with E-state index >= 15 is 0 Å². The Labute approximate surface area is 141 Å². The largest absolute Gasteiger partial charge is 0.449 e. The zero-order chi connectivity index (χ0) is 16.6. The fourth-order valence-electron chi connectivity index (χ4n) is 3.69. The van der Waals surface area contributed by atoms with Crippen LogP contribution in [0.3, 0.4) is 0 Å². The summed E-state index contributed by atoms with van der Waals surface area (Å²) in [5.74, 6) is -1.06. The van der Waals surface area contributed by atoms with Crippen molar-refractivity contribution < 1.29 is 14.6 Å². The first kappa shape index (κ1) is 15.0. The third-order valence-electron chi connectivity index (χ3n) is 5.01. The quantitative estimate of drug-likeness (QED) is 0.855. The minimum absolute atomic E-state index is 0.675. The summed E-state index contributed by atoms with van der Waals surface area (Å²) >= 11 is 0. The molecule has 0 saturated carbocycles. The van der Waals surface area contributed by atoms with Crippen LogP contribution in [0.2, 0.25) is 0 Å². The summed E-state index contributed by atoms with van der Waals surface area (Å²) in [4.78, 5) is 0. The SMILES string of the molecule is CC1=CCCC1(O)c1ccccc1C1(c2ccccc2)OC=CO1. The van der Waals surface area contributed by atoms with Gasteiger partial charge in [0.1, 0.15) is 18.1 Å². The second-order valence-electron chi connectivity index (χ2n) is 6.32. The van der Waals surface area contributed by atoms with Gasteiger partial charge in [0.15, 0.2) is 0 Å². The first-order chi connectivity index (χ1) is 11.7. The van der Waals surface area contributed by atoms with Crippen LogP contribution in [0, 0.1) is 0 Å². The molecule has 1 unspecified atom stereocenters. The Morgan fingerprint density at radius 1 is 0.875 bits per heavy atom. The molecule has 2 aromatic carbocycles. The summed E-state index contributed by atoms with van der Waals surface area (Å²) < 4.78 is 11.9. The van der Waals surface area contributed by atoms with Gasteiger partial charge in [0.25, 0.3) is 0 Å². The molecule has 2 aromatic rings. The molecule has 1 N–H and O–H groups in total. The molecule has 2 aliphatic rings. The van der Waals surface area contributed by atoms with Crippen molar-refractivity contribution in [1.29, 1.82) is 0 Å². The molecule has 0 fully saturated rings. The average Bonchev–Trinajstić information content (AvgIpc) is 3.25. The summed E-state index contributed by atoms with van der Waals surface area (Å²) in [5.41, 5.74) is 2.56. The van der Waals surface area contributed by atoms with E-state index in [0.717, 1.165) is 28.7 Å². The van der Waals surface area contributed by atoms with Gasteiger partial charge in [-0.15, -0.1) is 0 Å². The van der Waals surface area contributed by atoms with Crippen LogP contribution in [0.5, 0.6) is 0 Å². The third kappa shape index (κ3) is 2.09. The van der Waals surface area contributed by atoms with Crippen LogP contribution in [0.4, 0.5) is 0 Å². The van der Waals surface area contributed by atoms with E-state index in [2.05, 4.69) is 6.08 Å². The molecule has 0 spiro atoms. The van der Waals surface area contributed by atoms with E-state index < -0.39 is 11.4 Å². The van der Waals surface area contributed by atoms with Crippen molar-refractivity contribution >= 4 is 0 Å². The highest BCUT2D eigenvalue weighted by Crippen LogP contribution is 2.47. The lowest BCUT2D eigenvalue weighted by Crippen LogP contribution is -2.34. The predicted octanol–water partition coefficient (Wildman–Crippen LogP) is 4.33. The van der Waals surface area contributed by atoms with Gasteiger partial charge in [-0.25, -0.2) is 0 Å². The van der Waals surface area contributed by atoms with Crippen molar-refractivity contribution in [3.63, 3.8) is 0 Å². The van der Waals surface area contributed by atoms with Gasteiger partial charge in [-0.3, -0.25) is 0 Å². The molecule has 1 atom stereocenters. The number of hydrogen-bond donors (Lipinski definition) is 1. The van der Waals surface area contributed by atoms with E-state index in [1.807, 2.05) is 61.5 Å². The van der Waals surface area contributed by atoms with E-state index in [0.29, 0.717) is 6.42 Å². The van der Waals surface area contributed by atoms with Gasteiger partial charge in [0, 0.05) is 11.1 Å². The van der Waals surface area contributed by atoms with Gasteiger partial charge in [0.05, 0.1) is 0 Å². The highest BCUT2D eigenvalue weighted by molar-refractivity contribution is 5.47. The number of allylic oxidation sites excluding steroid dienone is 1. The van der Waals surface area contributed by atoms with Crippen LogP contribution >= 0.6 is 0 Å². The Morgan fingerprint density at radius 3 is 2.12 bits per heavy atom. The second kappa shape index (κ2) is 5.53. The molecule has 3 nitrogen and oxygen atoms in total. The maximum absolute atomic E-state index is 11.3. The molecular weight excluding hydrogens is 300 g/mol. The molecule has 0 amide bonds. The van der Waals surface area contributed by atoms with E-state index in [1.165, 1.54) is 0 Å². The Hall–Kier alpha value is -2.52. The van der Waals surface area contributed by atoms with Gasteiger partial charge in [0.2, 0.25) is 0 Å². The number of benzene rings is 2. The number of ether oxygens (including phenoxy) is 2. The van der Waals surface area contributed by atoms with Crippen LogP contribution in [-0.2, 0) is 20.9 Å². The Balaban J connectivity index is 1.92. The van der Waals surface area contributed by atoms with Crippen molar-refractivity contribution in [3.05, 3.63) is 95.5 Å². The van der Waals surface area contributed by atoms with Gasteiger partial charge in [-0.1, -0.05) is 60.7 Å². The molecule has 4 rings (SSSR count). The first-order valence-electron chi connectivity index (χ1n) is 8.23. The van der Waals surface area contributed by atoms with Crippen molar-refractivity contribution in [2.24, 2.45) is 0 Å². The highest BCUT2D eigenvalue weighted by Gasteiger charge is 2.46. The molecule has 0 radical (unpaired) electrons. The minimum atomic E-state index is -1.06. The van der Waals surface area contributed by atoms with E-state index in [9.17, 15) is 5.11 Å². The maximum Gasteiger partial charge on any atom is 0.304 e. The fraction of sp³-hybridized carbons (Fsp3) is 0.238. The molecule has 24 heavy (non-hydrogen) atoms. The maximum atomic E-state index is 11.3.